The summed E-state index contributed by atoms with van der Waals surface area (Å²) in [5, 5.41) is 6.57. The fraction of sp³-hybridized carbons (Fsp3) is 0.562. The Hall–Kier alpha value is -0.660. The van der Waals surface area contributed by atoms with E-state index in [0.29, 0.717) is 22.3 Å². The first-order valence-electron chi connectivity index (χ1n) is 8.00. The van der Waals surface area contributed by atoms with Gasteiger partial charge in [0.1, 0.15) is 0 Å². The molecule has 1 unspecified atom stereocenters. The summed E-state index contributed by atoms with van der Waals surface area (Å²) in [5.74, 6) is 2.16. The Morgan fingerprint density at radius 2 is 2.12 bits per heavy atom. The van der Waals surface area contributed by atoms with Crippen molar-refractivity contribution in [3.05, 3.63) is 28.2 Å². The topological polar surface area (TPSA) is 53.6 Å². The number of anilines is 1. The van der Waals surface area contributed by atoms with Crippen molar-refractivity contribution in [1.82, 2.24) is 10.2 Å². The van der Waals surface area contributed by atoms with Crippen LogP contribution in [0.2, 0.25) is 10.0 Å². The highest BCUT2D eigenvalue weighted by molar-refractivity contribution is 7.99. The minimum absolute atomic E-state index is 0.0178. The van der Waals surface area contributed by atoms with Gasteiger partial charge in [0.05, 0.1) is 28.9 Å². The van der Waals surface area contributed by atoms with Gasteiger partial charge in [-0.05, 0) is 24.3 Å². The van der Waals surface area contributed by atoms with Crippen molar-refractivity contribution >= 4 is 46.7 Å². The number of hydrogen-bond donors (Lipinski definition) is 2. The number of hydrogen-bond acceptors (Lipinski definition) is 4. The first-order valence-corrected chi connectivity index (χ1v) is 9.91. The quantitative estimate of drug-likeness (QED) is 0.828. The predicted molar refractivity (Wildman–Crippen MR) is 101 cm³/mol. The molecule has 2 fully saturated rings. The van der Waals surface area contributed by atoms with Crippen molar-refractivity contribution in [1.29, 1.82) is 0 Å². The third-order valence-corrected chi connectivity index (χ3v) is 6.60. The van der Waals surface area contributed by atoms with E-state index in [9.17, 15) is 4.79 Å². The van der Waals surface area contributed by atoms with E-state index in [1.165, 1.54) is 0 Å². The van der Waals surface area contributed by atoms with Crippen LogP contribution >= 0.6 is 35.0 Å². The molecule has 0 radical (unpaired) electrons. The molecule has 5 nitrogen and oxygen atoms in total. The van der Waals surface area contributed by atoms with Gasteiger partial charge in [-0.3, -0.25) is 4.90 Å². The van der Waals surface area contributed by atoms with Gasteiger partial charge in [0.2, 0.25) is 0 Å². The second kappa shape index (κ2) is 8.15. The highest BCUT2D eigenvalue weighted by atomic mass is 35.5. The van der Waals surface area contributed by atoms with Crippen LogP contribution in [0, 0.1) is 0 Å². The van der Waals surface area contributed by atoms with E-state index in [-0.39, 0.29) is 11.6 Å². The number of morpholine rings is 1. The van der Waals surface area contributed by atoms with E-state index in [1.807, 2.05) is 11.8 Å². The number of rotatable bonds is 4. The molecule has 132 valence electrons. The molecule has 1 aromatic carbocycles. The number of thioether (sulfide) groups is 1. The number of carbonyl (C=O) groups is 1. The number of halogens is 2. The summed E-state index contributed by atoms with van der Waals surface area (Å²) in [6, 6.07) is 4.92. The molecule has 0 spiro atoms. The smallest absolute Gasteiger partial charge is 0.319 e. The number of nitrogens with zero attached hydrogens (tertiary/aromatic N) is 1. The number of benzene rings is 1. The van der Waals surface area contributed by atoms with Gasteiger partial charge in [-0.15, -0.1) is 0 Å². The Labute approximate surface area is 156 Å². The molecule has 2 N–H and O–H groups in total. The second-order valence-electron chi connectivity index (χ2n) is 6.04. The lowest BCUT2D eigenvalue weighted by molar-refractivity contribution is -0.0123. The van der Waals surface area contributed by atoms with Crippen LogP contribution in [0.25, 0.3) is 0 Å². The number of carbonyl (C=O) groups excluding carboxylic acids is 1. The van der Waals surface area contributed by atoms with Gasteiger partial charge in [-0.2, -0.15) is 11.8 Å². The molecule has 0 aromatic heterocycles. The van der Waals surface area contributed by atoms with Crippen LogP contribution in [0.1, 0.15) is 6.42 Å². The number of amides is 2. The van der Waals surface area contributed by atoms with Crippen molar-refractivity contribution in [3.63, 3.8) is 0 Å². The largest absolute Gasteiger partial charge is 0.379 e. The first-order chi connectivity index (χ1) is 11.6. The molecule has 3 rings (SSSR count). The van der Waals surface area contributed by atoms with Crippen molar-refractivity contribution in [2.24, 2.45) is 0 Å². The first kappa shape index (κ1) is 18.1. The monoisotopic (exact) mass is 389 g/mol. The molecular formula is C16H21Cl2N3O2S. The Bertz CT molecular complexity index is 591. The van der Waals surface area contributed by atoms with Crippen LogP contribution in [0.4, 0.5) is 10.5 Å². The second-order valence-corrected chi connectivity index (χ2v) is 7.93. The molecule has 2 heterocycles. The molecule has 2 amide bonds. The zero-order chi connectivity index (χ0) is 17.0. The predicted octanol–water partition coefficient (Wildman–Crippen LogP) is 3.32. The lowest BCUT2D eigenvalue weighted by atomic mass is 9.95. The van der Waals surface area contributed by atoms with Gasteiger partial charge >= 0.3 is 6.03 Å². The molecule has 2 aliphatic rings. The molecule has 0 saturated carbocycles. The number of urea groups is 1. The van der Waals surface area contributed by atoms with Crippen LogP contribution in [-0.4, -0.2) is 60.8 Å². The average molecular weight is 390 g/mol. The fourth-order valence-electron chi connectivity index (χ4n) is 3.15. The highest BCUT2D eigenvalue weighted by Crippen LogP contribution is 2.34. The van der Waals surface area contributed by atoms with Crippen LogP contribution in [-0.2, 0) is 4.74 Å². The number of nitrogens with one attached hydrogen (secondary N) is 2. The summed E-state index contributed by atoms with van der Waals surface area (Å²) >= 11 is 14.0. The Kier molecular flexibility index (Phi) is 6.16. The van der Waals surface area contributed by atoms with Crippen LogP contribution in [0.15, 0.2) is 18.2 Å². The summed E-state index contributed by atoms with van der Waals surface area (Å²) < 4.78 is 5.46. The molecule has 24 heavy (non-hydrogen) atoms. The molecule has 2 saturated heterocycles. The van der Waals surface area contributed by atoms with E-state index in [0.717, 1.165) is 44.2 Å². The van der Waals surface area contributed by atoms with E-state index < -0.39 is 0 Å². The zero-order valence-electron chi connectivity index (χ0n) is 13.3. The number of ether oxygens (including phenoxy) is 1. The van der Waals surface area contributed by atoms with Gasteiger partial charge in [0.15, 0.2) is 0 Å². The van der Waals surface area contributed by atoms with Gasteiger partial charge in [-0.25, -0.2) is 4.79 Å². The van der Waals surface area contributed by atoms with Gasteiger partial charge in [-0.1, -0.05) is 29.3 Å². The van der Waals surface area contributed by atoms with Crippen LogP contribution < -0.4 is 10.6 Å². The van der Waals surface area contributed by atoms with Gasteiger partial charge in [0, 0.05) is 30.9 Å². The fourth-order valence-corrected chi connectivity index (χ4v) is 4.97. The zero-order valence-corrected chi connectivity index (χ0v) is 15.6. The van der Waals surface area contributed by atoms with Crippen molar-refractivity contribution in [2.75, 3.05) is 49.7 Å². The minimum atomic E-state index is -0.260. The maximum absolute atomic E-state index is 12.3. The third kappa shape index (κ3) is 4.11. The van der Waals surface area contributed by atoms with E-state index in [4.69, 9.17) is 27.9 Å². The van der Waals surface area contributed by atoms with Gasteiger partial charge < -0.3 is 15.4 Å². The minimum Gasteiger partial charge on any atom is -0.379 e. The third-order valence-electron chi connectivity index (χ3n) is 4.54. The molecule has 2 aliphatic heterocycles. The Balaban J connectivity index is 1.60. The van der Waals surface area contributed by atoms with Crippen molar-refractivity contribution in [2.45, 2.75) is 12.0 Å². The maximum Gasteiger partial charge on any atom is 0.319 e. The Morgan fingerprint density at radius 1 is 1.33 bits per heavy atom. The lowest BCUT2D eigenvalue weighted by Crippen LogP contribution is -2.59. The van der Waals surface area contributed by atoms with Crippen molar-refractivity contribution in [3.8, 4) is 0 Å². The highest BCUT2D eigenvalue weighted by Gasteiger charge is 2.40. The van der Waals surface area contributed by atoms with E-state index in [1.54, 1.807) is 18.2 Å². The van der Waals surface area contributed by atoms with Gasteiger partial charge in [0.25, 0.3) is 0 Å². The summed E-state index contributed by atoms with van der Waals surface area (Å²) in [5.41, 5.74) is 0.534. The summed E-state index contributed by atoms with van der Waals surface area (Å²) in [6.45, 7) is 3.98. The maximum atomic E-state index is 12.3. The molecule has 1 aromatic rings. The van der Waals surface area contributed by atoms with E-state index in [2.05, 4.69) is 15.5 Å². The molecule has 0 aliphatic carbocycles. The van der Waals surface area contributed by atoms with Crippen molar-refractivity contribution < 1.29 is 9.53 Å². The SMILES string of the molecule is O=C(NCC1(N2CCOCC2)CCSC1)Nc1cccc(Cl)c1Cl. The standard InChI is InChI=1S/C16H21Cl2N3O2S/c17-12-2-1-3-13(14(12)18)20-15(22)19-10-16(4-9-24-11-16)21-5-7-23-8-6-21/h1-3H,4-11H2,(H2,19,20,22). The summed E-state index contributed by atoms with van der Waals surface area (Å²) in [6.07, 6.45) is 1.08. The molecule has 1 atom stereocenters. The average Bonchev–Trinajstić information content (AvgIpc) is 3.08. The lowest BCUT2D eigenvalue weighted by Gasteiger charge is -2.43. The van der Waals surface area contributed by atoms with Crippen LogP contribution in [0.3, 0.4) is 0 Å². The molecule has 8 heteroatoms. The van der Waals surface area contributed by atoms with Crippen LogP contribution in [0.5, 0.6) is 0 Å². The van der Waals surface area contributed by atoms with E-state index >= 15 is 0 Å². The summed E-state index contributed by atoms with van der Waals surface area (Å²) in [4.78, 5) is 14.7. The molecule has 0 bridgehead atoms. The normalized spacial score (nSPS) is 24.8. The summed E-state index contributed by atoms with van der Waals surface area (Å²) in [7, 11) is 0. The molecular weight excluding hydrogens is 369 g/mol. The Morgan fingerprint density at radius 3 is 2.83 bits per heavy atom.